The highest BCUT2D eigenvalue weighted by molar-refractivity contribution is 5.95. The van der Waals surface area contributed by atoms with Gasteiger partial charge in [0.25, 0.3) is 5.91 Å². The minimum atomic E-state index is -0.201. The van der Waals surface area contributed by atoms with Crippen LogP contribution in [-0.4, -0.2) is 28.9 Å². The van der Waals surface area contributed by atoms with Crippen molar-refractivity contribution in [3.05, 3.63) is 33.7 Å². The molecule has 0 saturated carbocycles. The predicted octanol–water partition coefficient (Wildman–Crippen LogP) is 0.139. The lowest BCUT2D eigenvalue weighted by molar-refractivity contribution is 0.0884. The Hall–Kier alpha value is -1.58. The number of aromatic amines is 1. The largest absolute Gasteiger partial charge is 0.364 e. The van der Waals surface area contributed by atoms with Crippen LogP contribution in [0.5, 0.6) is 0 Å². The number of carbonyl (C=O) groups excluding carboxylic acids is 1. The Labute approximate surface area is 75.2 Å². The molecule has 1 amide bonds. The highest BCUT2D eigenvalue weighted by Crippen LogP contribution is 2.08. The Balaban J connectivity index is 2.39. The summed E-state index contributed by atoms with van der Waals surface area (Å²) in [6, 6.07) is 1.44. The average Bonchev–Trinajstić information content (AvgIpc) is 2.85. The summed E-state index contributed by atoms with van der Waals surface area (Å²) in [5.74, 6) is -0.166. The molecule has 1 aliphatic rings. The maximum Gasteiger partial charge on any atom is 0.259 e. The molecule has 2 rings (SSSR count). The minimum Gasteiger partial charge on any atom is -0.364 e. The molecule has 1 aliphatic heterocycles. The summed E-state index contributed by atoms with van der Waals surface area (Å²) < 4.78 is 0. The standard InChI is InChI=1S/C9H10N2O2/c1-6-4-8(12)7(5-10-6)9(13)11-2-3-11/h4-5H,2-3H2,1H3,(H,10,12). The number of H-pyrrole nitrogens is 1. The summed E-state index contributed by atoms with van der Waals surface area (Å²) in [7, 11) is 0. The quantitative estimate of drug-likeness (QED) is 0.622. The molecule has 0 aromatic carbocycles. The molecule has 0 spiro atoms. The van der Waals surface area contributed by atoms with E-state index in [1.807, 2.05) is 0 Å². The summed E-state index contributed by atoms with van der Waals surface area (Å²) in [5.41, 5.74) is 0.809. The van der Waals surface area contributed by atoms with Crippen LogP contribution in [0.25, 0.3) is 0 Å². The van der Waals surface area contributed by atoms with Gasteiger partial charge in [0.2, 0.25) is 0 Å². The van der Waals surface area contributed by atoms with Gasteiger partial charge in [0.05, 0.1) is 0 Å². The normalized spacial score (nSPS) is 14.4. The van der Waals surface area contributed by atoms with E-state index in [0.717, 1.165) is 18.8 Å². The van der Waals surface area contributed by atoms with Crippen molar-refractivity contribution in [2.75, 3.05) is 13.1 Å². The number of rotatable bonds is 1. The molecule has 1 saturated heterocycles. The molecule has 13 heavy (non-hydrogen) atoms. The van der Waals surface area contributed by atoms with Crippen LogP contribution >= 0.6 is 0 Å². The number of aryl methyl sites for hydroxylation is 1. The van der Waals surface area contributed by atoms with E-state index in [1.165, 1.54) is 12.3 Å². The summed E-state index contributed by atoms with van der Waals surface area (Å²) in [6.07, 6.45) is 1.48. The molecule has 0 atom stereocenters. The van der Waals surface area contributed by atoms with Gasteiger partial charge in [0, 0.05) is 31.0 Å². The topological polar surface area (TPSA) is 52.9 Å². The third kappa shape index (κ3) is 1.47. The molecule has 0 radical (unpaired) electrons. The molecule has 1 N–H and O–H groups in total. The average molecular weight is 178 g/mol. The van der Waals surface area contributed by atoms with E-state index >= 15 is 0 Å². The lowest BCUT2D eigenvalue weighted by Crippen LogP contribution is -2.20. The summed E-state index contributed by atoms with van der Waals surface area (Å²) in [6.45, 7) is 3.32. The van der Waals surface area contributed by atoms with Gasteiger partial charge in [-0.05, 0) is 6.92 Å². The Morgan fingerprint density at radius 2 is 2.23 bits per heavy atom. The van der Waals surface area contributed by atoms with Crippen LogP contribution in [0.2, 0.25) is 0 Å². The number of carbonyl (C=O) groups is 1. The van der Waals surface area contributed by atoms with E-state index in [2.05, 4.69) is 4.98 Å². The first-order valence-corrected chi connectivity index (χ1v) is 4.17. The van der Waals surface area contributed by atoms with Crippen molar-refractivity contribution in [3.63, 3.8) is 0 Å². The van der Waals surface area contributed by atoms with Crippen LogP contribution in [0.15, 0.2) is 17.1 Å². The van der Waals surface area contributed by atoms with Gasteiger partial charge in [-0.2, -0.15) is 0 Å². The first-order valence-electron chi connectivity index (χ1n) is 4.17. The molecule has 1 aromatic heterocycles. The summed E-state index contributed by atoms with van der Waals surface area (Å²) in [5, 5.41) is 0. The fourth-order valence-corrected chi connectivity index (χ4v) is 1.16. The zero-order valence-electron chi connectivity index (χ0n) is 7.33. The molecule has 0 bridgehead atoms. The zero-order chi connectivity index (χ0) is 9.42. The van der Waals surface area contributed by atoms with Crippen molar-refractivity contribution in [2.45, 2.75) is 6.92 Å². The molecule has 0 aliphatic carbocycles. The maximum absolute atomic E-state index is 11.4. The fourth-order valence-electron chi connectivity index (χ4n) is 1.16. The van der Waals surface area contributed by atoms with Crippen LogP contribution in [-0.2, 0) is 0 Å². The van der Waals surface area contributed by atoms with Gasteiger partial charge in [-0.1, -0.05) is 0 Å². The zero-order valence-corrected chi connectivity index (χ0v) is 7.33. The van der Waals surface area contributed by atoms with Gasteiger partial charge in [0.1, 0.15) is 5.56 Å². The molecule has 68 valence electrons. The second-order valence-electron chi connectivity index (χ2n) is 3.19. The molecular weight excluding hydrogens is 168 g/mol. The maximum atomic E-state index is 11.4. The minimum absolute atomic E-state index is 0.166. The lowest BCUT2D eigenvalue weighted by atomic mass is 10.2. The van der Waals surface area contributed by atoms with Crippen molar-refractivity contribution >= 4 is 5.91 Å². The number of amides is 1. The molecule has 4 nitrogen and oxygen atoms in total. The van der Waals surface area contributed by atoms with Gasteiger partial charge >= 0.3 is 0 Å². The summed E-state index contributed by atoms with van der Waals surface area (Å²) in [4.78, 5) is 27.3. The predicted molar refractivity (Wildman–Crippen MR) is 47.7 cm³/mol. The van der Waals surface area contributed by atoms with Crippen LogP contribution in [0, 0.1) is 6.92 Å². The molecule has 2 heterocycles. The van der Waals surface area contributed by atoms with E-state index < -0.39 is 0 Å². The fraction of sp³-hybridized carbons (Fsp3) is 0.333. The third-order valence-corrected chi connectivity index (χ3v) is 2.02. The SMILES string of the molecule is Cc1cc(=O)c(C(=O)N2CC2)c[nH]1. The molecule has 1 aromatic rings. The van der Waals surface area contributed by atoms with Crippen LogP contribution < -0.4 is 5.43 Å². The van der Waals surface area contributed by atoms with Crippen molar-refractivity contribution in [1.82, 2.24) is 9.88 Å². The first kappa shape index (κ1) is 8.04. The molecule has 0 unspecified atom stereocenters. The van der Waals surface area contributed by atoms with Gasteiger partial charge in [-0.15, -0.1) is 0 Å². The van der Waals surface area contributed by atoms with Crippen molar-refractivity contribution < 1.29 is 4.79 Å². The lowest BCUT2D eigenvalue weighted by Gasteiger charge is -2.00. The van der Waals surface area contributed by atoms with E-state index in [1.54, 1.807) is 11.8 Å². The number of nitrogens with one attached hydrogen (secondary N) is 1. The Morgan fingerprint density at radius 1 is 1.54 bits per heavy atom. The highest BCUT2D eigenvalue weighted by Gasteiger charge is 2.26. The number of nitrogens with zero attached hydrogens (tertiary/aromatic N) is 1. The molecular formula is C9H10N2O2. The second kappa shape index (κ2) is 2.73. The van der Waals surface area contributed by atoms with E-state index in [4.69, 9.17) is 0 Å². The smallest absolute Gasteiger partial charge is 0.259 e. The van der Waals surface area contributed by atoms with E-state index in [0.29, 0.717) is 0 Å². The summed E-state index contributed by atoms with van der Waals surface area (Å²) >= 11 is 0. The Morgan fingerprint density at radius 3 is 2.77 bits per heavy atom. The van der Waals surface area contributed by atoms with Gasteiger partial charge in [-0.3, -0.25) is 9.59 Å². The van der Waals surface area contributed by atoms with Crippen molar-refractivity contribution in [2.24, 2.45) is 0 Å². The van der Waals surface area contributed by atoms with Crippen molar-refractivity contribution in [3.8, 4) is 0 Å². The van der Waals surface area contributed by atoms with Gasteiger partial charge in [0.15, 0.2) is 5.43 Å². The van der Waals surface area contributed by atoms with E-state index in [-0.39, 0.29) is 16.9 Å². The van der Waals surface area contributed by atoms with E-state index in [9.17, 15) is 9.59 Å². The second-order valence-corrected chi connectivity index (χ2v) is 3.19. The molecule has 1 fully saturated rings. The monoisotopic (exact) mass is 178 g/mol. The number of hydrogen-bond donors (Lipinski definition) is 1. The van der Waals surface area contributed by atoms with Crippen molar-refractivity contribution in [1.29, 1.82) is 0 Å². The number of aromatic nitrogens is 1. The Bertz CT molecular complexity index is 404. The number of pyridine rings is 1. The number of hydrogen-bond acceptors (Lipinski definition) is 2. The highest BCUT2D eigenvalue weighted by atomic mass is 16.2. The third-order valence-electron chi connectivity index (χ3n) is 2.02. The first-order chi connectivity index (χ1) is 6.18. The Kier molecular flexibility index (Phi) is 1.69. The van der Waals surface area contributed by atoms with Gasteiger partial charge < -0.3 is 9.88 Å². The van der Waals surface area contributed by atoms with Crippen LogP contribution in [0.1, 0.15) is 16.1 Å². The van der Waals surface area contributed by atoms with Gasteiger partial charge in [-0.25, -0.2) is 0 Å². The van der Waals surface area contributed by atoms with Crippen LogP contribution in [0.3, 0.4) is 0 Å². The molecule has 4 heteroatoms. The van der Waals surface area contributed by atoms with Crippen LogP contribution in [0.4, 0.5) is 0 Å².